The van der Waals surface area contributed by atoms with E-state index in [0.717, 1.165) is 5.56 Å². The first-order valence-corrected chi connectivity index (χ1v) is 5.80. The summed E-state index contributed by atoms with van der Waals surface area (Å²) in [7, 11) is 0. The van der Waals surface area contributed by atoms with Crippen LogP contribution in [0.25, 0.3) is 11.6 Å². The van der Waals surface area contributed by atoms with Crippen LogP contribution in [0.4, 0.5) is 0 Å². The van der Waals surface area contributed by atoms with E-state index in [1.54, 1.807) is 0 Å². The molecule has 0 unspecified atom stereocenters. The Morgan fingerprint density at radius 3 is 2.74 bits per heavy atom. The third-order valence-corrected chi connectivity index (χ3v) is 2.51. The van der Waals surface area contributed by atoms with Gasteiger partial charge in [-0.1, -0.05) is 30.3 Å². The van der Waals surface area contributed by atoms with Gasteiger partial charge in [-0.2, -0.15) is 5.10 Å². The molecule has 0 aliphatic rings. The Bertz CT molecular complexity index is 619. The highest BCUT2D eigenvalue weighted by atomic mass is 16.5. The zero-order valence-corrected chi connectivity index (χ0v) is 10.1. The Kier molecular flexibility index (Phi) is 3.28. The molecular formula is C12H12N6O. The minimum absolute atomic E-state index is 0.371. The highest BCUT2D eigenvalue weighted by Gasteiger charge is 2.08. The lowest BCUT2D eigenvalue weighted by molar-refractivity contribution is 0.102. The molecule has 0 aliphatic carbocycles. The first-order valence-electron chi connectivity index (χ1n) is 5.80. The predicted molar refractivity (Wildman–Crippen MR) is 66.7 cm³/mol. The third-order valence-electron chi connectivity index (χ3n) is 2.51. The second kappa shape index (κ2) is 5.40. The summed E-state index contributed by atoms with van der Waals surface area (Å²) < 4.78 is 5.56. The molecule has 0 radical (unpaired) electrons. The molecule has 96 valence electrons. The van der Waals surface area contributed by atoms with Crippen molar-refractivity contribution in [1.82, 2.24) is 30.4 Å². The summed E-state index contributed by atoms with van der Waals surface area (Å²) in [6, 6.07) is 9.97. The second-order valence-electron chi connectivity index (χ2n) is 3.92. The van der Waals surface area contributed by atoms with Crippen molar-refractivity contribution in [2.45, 2.75) is 13.2 Å². The number of aromatic amines is 2. The maximum atomic E-state index is 5.56. The van der Waals surface area contributed by atoms with E-state index < -0.39 is 0 Å². The summed E-state index contributed by atoms with van der Waals surface area (Å²) in [5.41, 5.74) is 1.12. The number of aromatic nitrogens is 6. The number of benzene rings is 1. The van der Waals surface area contributed by atoms with Gasteiger partial charge in [0.25, 0.3) is 0 Å². The summed E-state index contributed by atoms with van der Waals surface area (Å²) in [6.07, 6.45) is 1.41. The Morgan fingerprint density at radius 1 is 1.05 bits per heavy atom. The molecule has 0 saturated heterocycles. The molecule has 3 aromatic rings. The summed E-state index contributed by atoms with van der Waals surface area (Å²) >= 11 is 0. The molecule has 2 N–H and O–H groups in total. The van der Waals surface area contributed by atoms with Crippen LogP contribution in [0.15, 0.2) is 36.7 Å². The fraction of sp³-hybridized carbons (Fsp3) is 0.167. The van der Waals surface area contributed by atoms with Crippen molar-refractivity contribution < 1.29 is 4.74 Å². The zero-order valence-electron chi connectivity index (χ0n) is 10.1. The molecule has 7 heteroatoms. The second-order valence-corrected chi connectivity index (χ2v) is 3.92. The summed E-state index contributed by atoms with van der Waals surface area (Å²) in [4.78, 5) is 8.23. The average Bonchev–Trinajstić information content (AvgIpc) is 3.10. The third kappa shape index (κ3) is 2.83. The van der Waals surface area contributed by atoms with E-state index in [9.17, 15) is 0 Å². The van der Waals surface area contributed by atoms with Gasteiger partial charge in [-0.3, -0.25) is 10.2 Å². The van der Waals surface area contributed by atoms with E-state index in [1.807, 2.05) is 30.3 Å². The lowest BCUT2D eigenvalue weighted by Gasteiger charge is -2.01. The molecule has 0 fully saturated rings. The van der Waals surface area contributed by atoms with Crippen molar-refractivity contribution in [3.63, 3.8) is 0 Å². The monoisotopic (exact) mass is 256 g/mol. The van der Waals surface area contributed by atoms with E-state index in [1.165, 1.54) is 6.33 Å². The number of nitrogens with zero attached hydrogens (tertiary/aromatic N) is 4. The van der Waals surface area contributed by atoms with Gasteiger partial charge >= 0.3 is 0 Å². The van der Waals surface area contributed by atoms with Gasteiger partial charge in [0.2, 0.25) is 5.82 Å². The van der Waals surface area contributed by atoms with Crippen LogP contribution < -0.4 is 0 Å². The number of H-pyrrole nitrogens is 2. The zero-order chi connectivity index (χ0) is 12.9. The van der Waals surface area contributed by atoms with E-state index >= 15 is 0 Å². The fourth-order valence-corrected chi connectivity index (χ4v) is 1.62. The predicted octanol–water partition coefficient (Wildman–Crippen LogP) is 1.31. The summed E-state index contributed by atoms with van der Waals surface area (Å²) in [6.45, 7) is 0.912. The quantitative estimate of drug-likeness (QED) is 0.718. The number of hydrogen-bond acceptors (Lipinski definition) is 5. The molecule has 0 amide bonds. The smallest absolute Gasteiger partial charge is 0.218 e. The Labute approximate surface area is 109 Å². The SMILES string of the molecule is c1ccc(COCc2nc(-c3ncn[nH]3)n[nH]2)cc1. The van der Waals surface area contributed by atoms with Gasteiger partial charge in [0, 0.05) is 0 Å². The first-order chi connectivity index (χ1) is 9.42. The number of hydrogen-bond donors (Lipinski definition) is 2. The van der Waals surface area contributed by atoms with Crippen LogP contribution in [0.2, 0.25) is 0 Å². The molecular weight excluding hydrogens is 244 g/mol. The minimum Gasteiger partial charge on any atom is -0.369 e. The molecule has 0 spiro atoms. The number of ether oxygens (including phenoxy) is 1. The van der Waals surface area contributed by atoms with Crippen LogP contribution in [-0.2, 0) is 18.0 Å². The van der Waals surface area contributed by atoms with Crippen LogP contribution in [0.1, 0.15) is 11.4 Å². The first kappa shape index (κ1) is 11.5. The molecule has 2 heterocycles. The van der Waals surface area contributed by atoms with Gasteiger partial charge in [-0.05, 0) is 5.56 Å². The molecule has 7 nitrogen and oxygen atoms in total. The average molecular weight is 256 g/mol. The van der Waals surface area contributed by atoms with Gasteiger partial charge in [-0.25, -0.2) is 9.97 Å². The van der Waals surface area contributed by atoms with Crippen molar-refractivity contribution >= 4 is 0 Å². The Morgan fingerprint density at radius 2 is 1.95 bits per heavy atom. The normalized spacial score (nSPS) is 10.7. The largest absolute Gasteiger partial charge is 0.369 e. The van der Waals surface area contributed by atoms with E-state index in [4.69, 9.17) is 4.74 Å². The summed E-state index contributed by atoms with van der Waals surface area (Å²) in [5.74, 6) is 1.67. The van der Waals surface area contributed by atoms with E-state index in [2.05, 4.69) is 30.4 Å². The molecule has 1 aromatic carbocycles. The van der Waals surface area contributed by atoms with Crippen LogP contribution in [0.3, 0.4) is 0 Å². The highest BCUT2D eigenvalue weighted by Crippen LogP contribution is 2.08. The van der Waals surface area contributed by atoms with Gasteiger partial charge in [-0.15, -0.1) is 5.10 Å². The van der Waals surface area contributed by atoms with Gasteiger partial charge < -0.3 is 4.74 Å². The number of nitrogens with one attached hydrogen (secondary N) is 2. The van der Waals surface area contributed by atoms with Crippen molar-refractivity contribution in [2.75, 3.05) is 0 Å². The molecule has 2 aromatic heterocycles. The van der Waals surface area contributed by atoms with Crippen LogP contribution in [0, 0.1) is 0 Å². The molecule has 3 rings (SSSR count). The van der Waals surface area contributed by atoms with Crippen molar-refractivity contribution in [3.05, 3.63) is 48.0 Å². The summed E-state index contributed by atoms with van der Waals surface area (Å²) in [5, 5.41) is 13.3. The number of rotatable bonds is 5. The lowest BCUT2D eigenvalue weighted by Crippen LogP contribution is -1.96. The van der Waals surface area contributed by atoms with Gasteiger partial charge in [0.15, 0.2) is 11.6 Å². The standard InChI is InChI=1S/C12H12N6O/c1-2-4-9(5-3-1)6-19-7-10-15-12(18-16-10)11-13-8-14-17-11/h1-5,8H,6-7H2,(H,13,14,17)(H,15,16,18). The van der Waals surface area contributed by atoms with Crippen molar-refractivity contribution in [1.29, 1.82) is 0 Å². The van der Waals surface area contributed by atoms with Crippen LogP contribution in [-0.4, -0.2) is 30.4 Å². The van der Waals surface area contributed by atoms with Gasteiger partial charge in [0.05, 0.1) is 6.61 Å². The van der Waals surface area contributed by atoms with Crippen LogP contribution in [0.5, 0.6) is 0 Å². The lowest BCUT2D eigenvalue weighted by atomic mass is 10.2. The topological polar surface area (TPSA) is 92.4 Å². The molecule has 0 atom stereocenters. The molecule has 0 bridgehead atoms. The Balaban J connectivity index is 1.56. The maximum absolute atomic E-state index is 5.56. The van der Waals surface area contributed by atoms with Crippen molar-refractivity contribution in [2.24, 2.45) is 0 Å². The highest BCUT2D eigenvalue weighted by molar-refractivity contribution is 5.40. The fourth-order valence-electron chi connectivity index (χ4n) is 1.62. The molecule has 19 heavy (non-hydrogen) atoms. The van der Waals surface area contributed by atoms with E-state index in [0.29, 0.717) is 30.7 Å². The van der Waals surface area contributed by atoms with Gasteiger partial charge in [0.1, 0.15) is 12.9 Å². The minimum atomic E-state index is 0.371. The van der Waals surface area contributed by atoms with E-state index in [-0.39, 0.29) is 0 Å². The Hall–Kier alpha value is -2.54. The maximum Gasteiger partial charge on any atom is 0.218 e. The van der Waals surface area contributed by atoms with Crippen molar-refractivity contribution in [3.8, 4) is 11.6 Å². The molecule has 0 saturated carbocycles. The van der Waals surface area contributed by atoms with Crippen LogP contribution >= 0.6 is 0 Å². The molecule has 0 aliphatic heterocycles.